The number of amides is 1. The van der Waals surface area contributed by atoms with Crippen molar-refractivity contribution in [3.05, 3.63) is 99.3 Å². The molecule has 0 aromatic heterocycles. The van der Waals surface area contributed by atoms with E-state index in [4.69, 9.17) is 23.2 Å². The summed E-state index contributed by atoms with van der Waals surface area (Å²) in [7, 11) is 0. The molecule has 4 nitrogen and oxygen atoms in total. The zero-order valence-corrected chi connectivity index (χ0v) is 18.0. The third-order valence-corrected chi connectivity index (χ3v) is 6.63. The van der Waals surface area contributed by atoms with Crippen molar-refractivity contribution in [3.63, 3.8) is 0 Å². The van der Waals surface area contributed by atoms with Crippen LogP contribution in [0.5, 0.6) is 5.75 Å². The van der Waals surface area contributed by atoms with Gasteiger partial charge >= 0.3 is 0 Å². The summed E-state index contributed by atoms with van der Waals surface area (Å²) in [5.74, 6) is -2.04. The largest absolute Gasteiger partial charge is 0.507 e. The first-order valence-electron chi connectivity index (χ1n) is 9.91. The summed E-state index contributed by atoms with van der Waals surface area (Å²) >= 11 is 12.4. The van der Waals surface area contributed by atoms with Gasteiger partial charge in [0, 0.05) is 39.2 Å². The number of aromatic hydroxyl groups is 1. The van der Waals surface area contributed by atoms with Crippen LogP contribution in [0.15, 0.2) is 66.7 Å². The highest BCUT2D eigenvalue weighted by atomic mass is 35.5. The predicted octanol–water partition coefficient (Wildman–Crippen LogP) is 5.87. The van der Waals surface area contributed by atoms with Crippen LogP contribution in [0.3, 0.4) is 0 Å². The Morgan fingerprint density at radius 2 is 1.78 bits per heavy atom. The van der Waals surface area contributed by atoms with E-state index in [1.165, 1.54) is 6.07 Å². The van der Waals surface area contributed by atoms with Crippen LogP contribution < -0.4 is 5.32 Å². The molecule has 1 spiro atoms. The van der Waals surface area contributed by atoms with Crippen molar-refractivity contribution in [2.75, 3.05) is 5.32 Å². The fourth-order valence-corrected chi connectivity index (χ4v) is 5.11. The lowest BCUT2D eigenvalue weighted by molar-refractivity contribution is -0.121. The molecular weight excluding hydrogens is 452 g/mol. The van der Waals surface area contributed by atoms with Crippen molar-refractivity contribution in [1.82, 2.24) is 0 Å². The molecule has 0 bridgehead atoms. The second-order valence-electron chi connectivity index (χ2n) is 7.97. The van der Waals surface area contributed by atoms with E-state index in [0.29, 0.717) is 21.3 Å². The van der Waals surface area contributed by atoms with Crippen molar-refractivity contribution in [3.8, 4) is 5.75 Å². The summed E-state index contributed by atoms with van der Waals surface area (Å²) in [5.41, 5.74) is 0.794. The number of hydrogen-bond acceptors (Lipinski definition) is 3. The fourth-order valence-electron chi connectivity index (χ4n) is 4.74. The van der Waals surface area contributed by atoms with E-state index >= 15 is 0 Å². The maximum absolute atomic E-state index is 14.0. The van der Waals surface area contributed by atoms with Crippen LogP contribution >= 0.6 is 23.2 Å². The number of ketones is 1. The Morgan fingerprint density at radius 1 is 1.00 bits per heavy atom. The summed E-state index contributed by atoms with van der Waals surface area (Å²) in [6.45, 7) is 0. The summed E-state index contributed by atoms with van der Waals surface area (Å²) in [6, 6.07) is 15.5. The van der Waals surface area contributed by atoms with Crippen LogP contribution in [-0.2, 0) is 15.0 Å². The molecule has 32 heavy (non-hydrogen) atoms. The quantitative estimate of drug-likeness (QED) is 0.495. The molecule has 2 atom stereocenters. The molecule has 160 valence electrons. The van der Waals surface area contributed by atoms with E-state index in [1.54, 1.807) is 42.5 Å². The van der Waals surface area contributed by atoms with Crippen molar-refractivity contribution in [2.24, 2.45) is 0 Å². The number of carbonyl (C=O) groups is 2. The number of hydrogen-bond donors (Lipinski definition) is 2. The van der Waals surface area contributed by atoms with E-state index < -0.39 is 17.2 Å². The molecule has 0 fully saturated rings. The van der Waals surface area contributed by atoms with Crippen molar-refractivity contribution >= 4 is 46.2 Å². The lowest BCUT2D eigenvalue weighted by Crippen LogP contribution is -2.43. The van der Waals surface area contributed by atoms with Crippen LogP contribution in [-0.4, -0.2) is 16.8 Å². The first kappa shape index (κ1) is 20.7. The number of carbonyl (C=O) groups excluding carboxylic acids is 2. The summed E-state index contributed by atoms with van der Waals surface area (Å²) in [5, 5.41) is 14.2. The summed E-state index contributed by atoms with van der Waals surface area (Å²) in [4.78, 5) is 26.8. The van der Waals surface area contributed by atoms with Gasteiger partial charge in [0.05, 0.1) is 0 Å². The molecule has 2 N–H and O–H groups in total. The van der Waals surface area contributed by atoms with Crippen LogP contribution in [0.25, 0.3) is 5.57 Å². The first-order valence-corrected chi connectivity index (χ1v) is 10.7. The molecule has 7 heteroatoms. The number of anilines is 1. The highest BCUT2D eigenvalue weighted by Crippen LogP contribution is 2.54. The average Bonchev–Trinajstić information content (AvgIpc) is 3.02. The molecule has 0 saturated heterocycles. The zero-order chi connectivity index (χ0) is 22.6. The number of rotatable bonds is 2. The van der Waals surface area contributed by atoms with Gasteiger partial charge in [-0.1, -0.05) is 47.5 Å². The number of fused-ring (bicyclic) bond motifs is 2. The molecule has 1 aliphatic heterocycles. The van der Waals surface area contributed by atoms with Gasteiger partial charge in [-0.3, -0.25) is 9.59 Å². The SMILES string of the molecule is O=C1C[C@@H](c2cccc(Cl)c2)[C@@]2(C=C1c1cc(F)ccc1O)C(=O)Nc1cc(Cl)ccc12. The smallest absolute Gasteiger partial charge is 0.239 e. The van der Waals surface area contributed by atoms with Gasteiger partial charge in [0.2, 0.25) is 5.91 Å². The molecule has 5 rings (SSSR count). The molecule has 1 heterocycles. The number of allylic oxidation sites excluding steroid dienone is 1. The minimum Gasteiger partial charge on any atom is -0.507 e. The second-order valence-corrected chi connectivity index (χ2v) is 8.84. The van der Waals surface area contributed by atoms with Gasteiger partial charge in [0.25, 0.3) is 0 Å². The third kappa shape index (κ3) is 3.12. The minimum atomic E-state index is -1.27. The molecule has 0 unspecified atom stereocenters. The zero-order valence-electron chi connectivity index (χ0n) is 16.5. The Morgan fingerprint density at radius 3 is 2.56 bits per heavy atom. The Balaban J connectivity index is 1.81. The predicted molar refractivity (Wildman–Crippen MR) is 122 cm³/mol. The van der Waals surface area contributed by atoms with Gasteiger partial charge in [-0.15, -0.1) is 0 Å². The Bertz CT molecular complexity index is 1340. The normalized spacial score (nSPS) is 22.0. The Labute approximate surface area is 193 Å². The molecule has 0 radical (unpaired) electrons. The average molecular weight is 468 g/mol. The number of Topliss-reactive ketones (excluding diaryl/α,β-unsaturated/α-hetero) is 1. The first-order chi connectivity index (χ1) is 15.3. The van der Waals surface area contributed by atoms with Gasteiger partial charge in [-0.2, -0.15) is 0 Å². The lowest BCUT2D eigenvalue weighted by atomic mass is 9.61. The van der Waals surface area contributed by atoms with Gasteiger partial charge in [-0.25, -0.2) is 4.39 Å². The number of nitrogens with one attached hydrogen (secondary N) is 1. The molecule has 2 aliphatic rings. The van der Waals surface area contributed by atoms with Crippen LogP contribution in [0.4, 0.5) is 10.1 Å². The molecule has 3 aromatic rings. The topological polar surface area (TPSA) is 66.4 Å². The molecule has 1 aliphatic carbocycles. The number of phenols is 1. The second kappa shape index (κ2) is 7.47. The fraction of sp³-hybridized carbons (Fsp3) is 0.120. The van der Waals surface area contributed by atoms with E-state index in [9.17, 15) is 19.1 Å². The molecule has 3 aromatic carbocycles. The number of benzene rings is 3. The third-order valence-electron chi connectivity index (χ3n) is 6.16. The number of phenolic OH excluding ortho intramolecular Hbond substituents is 1. The highest BCUT2D eigenvalue weighted by molar-refractivity contribution is 6.31. The maximum atomic E-state index is 14.0. The minimum absolute atomic E-state index is 0.0301. The molecule has 1 amide bonds. The van der Waals surface area contributed by atoms with Crippen LogP contribution in [0, 0.1) is 5.82 Å². The molecular formula is C25H16Cl2FNO3. The monoisotopic (exact) mass is 467 g/mol. The van der Waals surface area contributed by atoms with Gasteiger partial charge < -0.3 is 10.4 Å². The lowest BCUT2D eigenvalue weighted by Gasteiger charge is -2.38. The van der Waals surface area contributed by atoms with Gasteiger partial charge in [0.1, 0.15) is 17.0 Å². The Kier molecular flexibility index (Phi) is 4.84. The van der Waals surface area contributed by atoms with Crippen molar-refractivity contribution < 1.29 is 19.1 Å². The van der Waals surface area contributed by atoms with Crippen molar-refractivity contribution in [1.29, 1.82) is 0 Å². The van der Waals surface area contributed by atoms with E-state index in [-0.39, 0.29) is 35.0 Å². The van der Waals surface area contributed by atoms with Crippen molar-refractivity contribution in [2.45, 2.75) is 17.8 Å². The maximum Gasteiger partial charge on any atom is 0.239 e. The highest BCUT2D eigenvalue weighted by Gasteiger charge is 2.54. The van der Waals surface area contributed by atoms with Crippen LogP contribution in [0.2, 0.25) is 10.0 Å². The van der Waals surface area contributed by atoms with E-state index in [2.05, 4.69) is 5.32 Å². The van der Waals surface area contributed by atoms with E-state index in [0.717, 1.165) is 17.7 Å². The Hall–Kier alpha value is -3.15. The van der Waals surface area contributed by atoms with Gasteiger partial charge in [0.15, 0.2) is 5.78 Å². The standard InChI is InChI=1S/C25H16Cl2FNO3/c26-14-3-1-2-13(8-14)20-11-23(31)18(17-10-16(28)5-7-22(17)30)12-25(20)19-6-4-15(27)9-21(19)29-24(25)32/h1-10,12,20,30H,11H2,(H,29,32)/t20-,25-/m0/s1. The van der Waals surface area contributed by atoms with Gasteiger partial charge in [-0.05, 0) is 53.6 Å². The summed E-state index contributed by atoms with van der Waals surface area (Å²) in [6.07, 6.45) is 1.52. The molecule has 0 saturated carbocycles. The van der Waals surface area contributed by atoms with E-state index in [1.807, 2.05) is 6.07 Å². The van der Waals surface area contributed by atoms with Crippen LogP contribution in [0.1, 0.15) is 29.0 Å². The number of halogens is 3. The summed E-state index contributed by atoms with van der Waals surface area (Å²) < 4.78 is 14.0.